The molecule has 0 spiro atoms. The molecular formula is C23H27N7S2. The summed E-state index contributed by atoms with van der Waals surface area (Å²) in [5, 5.41) is 8.42. The van der Waals surface area contributed by atoms with Gasteiger partial charge in [-0.25, -0.2) is 15.0 Å². The van der Waals surface area contributed by atoms with Crippen LogP contribution in [0.15, 0.2) is 65.0 Å². The van der Waals surface area contributed by atoms with Gasteiger partial charge in [-0.15, -0.1) is 0 Å². The molecule has 166 valence electrons. The molecule has 0 radical (unpaired) electrons. The Labute approximate surface area is 198 Å². The van der Waals surface area contributed by atoms with Gasteiger partial charge in [0, 0.05) is 31.5 Å². The van der Waals surface area contributed by atoms with E-state index >= 15 is 0 Å². The first kappa shape index (κ1) is 22.4. The molecule has 4 rings (SSSR count). The number of aromatic nitrogens is 4. The lowest BCUT2D eigenvalue weighted by Gasteiger charge is -2.23. The lowest BCUT2D eigenvalue weighted by molar-refractivity contribution is 0.721. The molecule has 3 aromatic rings. The van der Waals surface area contributed by atoms with Gasteiger partial charge in [0.2, 0.25) is 5.95 Å². The van der Waals surface area contributed by atoms with Crippen molar-refractivity contribution in [2.75, 3.05) is 23.3 Å². The number of benzene rings is 1. The number of thiocarbonyl (C=S) groups is 1. The third-order valence-electron chi connectivity index (χ3n) is 5.23. The highest BCUT2D eigenvalue weighted by atomic mass is 32.2. The zero-order valence-corrected chi connectivity index (χ0v) is 19.7. The zero-order valence-electron chi connectivity index (χ0n) is 18.1. The Morgan fingerprint density at radius 2 is 1.72 bits per heavy atom. The van der Waals surface area contributed by atoms with Crippen LogP contribution in [0.25, 0.3) is 0 Å². The van der Waals surface area contributed by atoms with Gasteiger partial charge in [-0.05, 0) is 55.4 Å². The molecule has 1 fully saturated rings. The second kappa shape index (κ2) is 11.2. The summed E-state index contributed by atoms with van der Waals surface area (Å²) in [4.78, 5) is 20.4. The number of hydrogen-bond donors (Lipinski definition) is 2. The van der Waals surface area contributed by atoms with Gasteiger partial charge in [-0.3, -0.25) is 0 Å². The summed E-state index contributed by atoms with van der Waals surface area (Å²) in [6.45, 7) is 4.07. The Bertz CT molecular complexity index is 1010. The lowest BCUT2D eigenvalue weighted by atomic mass is 10.1. The van der Waals surface area contributed by atoms with Gasteiger partial charge in [-0.1, -0.05) is 43.2 Å². The van der Waals surface area contributed by atoms with Gasteiger partial charge in [-0.2, -0.15) is 4.98 Å². The Morgan fingerprint density at radius 1 is 1.00 bits per heavy atom. The molecule has 1 aromatic carbocycles. The highest BCUT2D eigenvalue weighted by Gasteiger charge is 2.16. The van der Waals surface area contributed by atoms with Gasteiger partial charge in [0.15, 0.2) is 10.3 Å². The van der Waals surface area contributed by atoms with Crippen LogP contribution < -0.4 is 15.5 Å². The third kappa shape index (κ3) is 6.37. The maximum absolute atomic E-state index is 5.56. The Hall–Kier alpha value is -2.78. The van der Waals surface area contributed by atoms with Gasteiger partial charge in [0.05, 0.1) is 6.04 Å². The van der Waals surface area contributed by atoms with Gasteiger partial charge in [0.1, 0.15) is 10.8 Å². The van der Waals surface area contributed by atoms with E-state index in [1.165, 1.54) is 37.4 Å². The summed E-state index contributed by atoms with van der Waals surface area (Å²) >= 11 is 6.98. The van der Waals surface area contributed by atoms with Crippen LogP contribution in [0.2, 0.25) is 0 Å². The van der Waals surface area contributed by atoms with Gasteiger partial charge < -0.3 is 15.5 Å². The molecule has 1 aliphatic rings. The summed E-state index contributed by atoms with van der Waals surface area (Å²) in [5.41, 5.74) is 1.16. The van der Waals surface area contributed by atoms with Crippen molar-refractivity contribution in [2.45, 2.75) is 48.8 Å². The van der Waals surface area contributed by atoms with Crippen LogP contribution in [0.1, 0.15) is 44.2 Å². The van der Waals surface area contributed by atoms with Crippen molar-refractivity contribution in [3.8, 4) is 0 Å². The minimum atomic E-state index is 0.0663. The summed E-state index contributed by atoms with van der Waals surface area (Å²) in [5.74, 6) is 1.38. The van der Waals surface area contributed by atoms with Crippen molar-refractivity contribution >= 4 is 40.9 Å². The van der Waals surface area contributed by atoms with E-state index in [0.717, 1.165) is 29.5 Å². The molecule has 1 atom stereocenters. The van der Waals surface area contributed by atoms with Crippen LogP contribution in [0.5, 0.6) is 0 Å². The number of nitrogens with one attached hydrogen (secondary N) is 2. The van der Waals surface area contributed by atoms with Crippen LogP contribution >= 0.6 is 24.0 Å². The molecular weight excluding hydrogens is 438 g/mol. The topological polar surface area (TPSA) is 78.9 Å². The minimum Gasteiger partial charge on any atom is -0.356 e. The molecule has 2 N–H and O–H groups in total. The summed E-state index contributed by atoms with van der Waals surface area (Å²) < 4.78 is 0. The molecule has 0 bridgehead atoms. The Morgan fingerprint density at radius 3 is 2.44 bits per heavy atom. The monoisotopic (exact) mass is 465 g/mol. The zero-order chi connectivity index (χ0) is 22.2. The normalized spacial score (nSPS) is 15.0. The van der Waals surface area contributed by atoms with E-state index in [2.05, 4.69) is 49.5 Å². The molecule has 0 amide bonds. The number of nitrogens with zero attached hydrogens (tertiary/aromatic N) is 5. The number of anilines is 2. The van der Waals surface area contributed by atoms with Crippen LogP contribution in [-0.2, 0) is 0 Å². The molecule has 9 heteroatoms. The minimum absolute atomic E-state index is 0.0663. The molecule has 0 saturated carbocycles. The third-order valence-corrected chi connectivity index (χ3v) is 6.26. The van der Waals surface area contributed by atoms with Crippen LogP contribution in [0.4, 0.5) is 11.8 Å². The molecule has 0 unspecified atom stereocenters. The maximum atomic E-state index is 5.56. The van der Waals surface area contributed by atoms with E-state index in [1.807, 2.05) is 24.3 Å². The fourth-order valence-electron chi connectivity index (χ4n) is 3.57. The molecule has 7 nitrogen and oxygen atoms in total. The maximum Gasteiger partial charge on any atom is 0.232 e. The first-order valence-corrected chi connectivity index (χ1v) is 12.1. The van der Waals surface area contributed by atoms with Crippen molar-refractivity contribution in [3.05, 3.63) is 60.4 Å². The first-order valence-electron chi connectivity index (χ1n) is 10.9. The first-order chi connectivity index (χ1) is 15.7. The standard InChI is InChI=1S/C23H27N7S2/c1-17(18-10-5-4-6-11-18)26-22(31)29-21-27-19(30-14-7-2-3-8-15-30)16-20(28-21)32-23-24-12-9-13-25-23/h4-6,9-13,16-17H,2-3,7-8,14-15H2,1H3,(H2,26,27,28,29,31)/t17-/m1/s1. The second-order valence-electron chi connectivity index (χ2n) is 7.65. The highest BCUT2D eigenvalue weighted by molar-refractivity contribution is 7.99. The van der Waals surface area contributed by atoms with E-state index in [4.69, 9.17) is 17.2 Å². The van der Waals surface area contributed by atoms with Crippen molar-refractivity contribution < 1.29 is 0 Å². The Balaban J connectivity index is 1.53. The smallest absolute Gasteiger partial charge is 0.232 e. The number of hydrogen-bond acceptors (Lipinski definition) is 7. The molecule has 0 aliphatic carbocycles. The Kier molecular flexibility index (Phi) is 7.84. The molecule has 1 saturated heterocycles. The van der Waals surface area contributed by atoms with Crippen molar-refractivity contribution in [2.24, 2.45) is 0 Å². The largest absolute Gasteiger partial charge is 0.356 e. The molecule has 2 aromatic heterocycles. The quantitative estimate of drug-likeness (QED) is 0.302. The van der Waals surface area contributed by atoms with Crippen LogP contribution in [0.3, 0.4) is 0 Å². The van der Waals surface area contributed by atoms with E-state index in [1.54, 1.807) is 18.5 Å². The predicted molar refractivity (Wildman–Crippen MR) is 133 cm³/mol. The van der Waals surface area contributed by atoms with Gasteiger partial charge in [0.25, 0.3) is 0 Å². The van der Waals surface area contributed by atoms with E-state index in [0.29, 0.717) is 16.2 Å². The fraction of sp³-hybridized carbons (Fsp3) is 0.348. The van der Waals surface area contributed by atoms with Crippen molar-refractivity contribution in [1.29, 1.82) is 0 Å². The summed E-state index contributed by atoms with van der Waals surface area (Å²) in [6, 6.07) is 14.1. The molecule has 3 heterocycles. The highest BCUT2D eigenvalue weighted by Crippen LogP contribution is 2.28. The van der Waals surface area contributed by atoms with Crippen LogP contribution in [0, 0.1) is 0 Å². The molecule has 32 heavy (non-hydrogen) atoms. The number of rotatable bonds is 6. The van der Waals surface area contributed by atoms with Crippen LogP contribution in [-0.4, -0.2) is 38.1 Å². The average Bonchev–Trinajstić information content (AvgIpc) is 3.10. The molecule has 1 aliphatic heterocycles. The van der Waals surface area contributed by atoms with Crippen molar-refractivity contribution in [1.82, 2.24) is 25.3 Å². The van der Waals surface area contributed by atoms with E-state index < -0.39 is 0 Å². The van der Waals surface area contributed by atoms with E-state index in [-0.39, 0.29) is 6.04 Å². The van der Waals surface area contributed by atoms with Gasteiger partial charge >= 0.3 is 0 Å². The average molecular weight is 466 g/mol. The van der Waals surface area contributed by atoms with E-state index in [9.17, 15) is 0 Å². The predicted octanol–water partition coefficient (Wildman–Crippen LogP) is 4.85. The lowest BCUT2D eigenvalue weighted by Crippen LogP contribution is -2.32. The fourth-order valence-corrected chi connectivity index (χ4v) is 4.55. The van der Waals surface area contributed by atoms with Crippen molar-refractivity contribution in [3.63, 3.8) is 0 Å². The summed E-state index contributed by atoms with van der Waals surface area (Å²) in [6.07, 6.45) is 8.33. The SMILES string of the molecule is C[C@@H](NC(=S)Nc1nc(Sc2ncccn2)cc(N2CCCCCC2)n1)c1ccccc1. The second-order valence-corrected chi connectivity index (χ2v) is 9.05. The summed E-state index contributed by atoms with van der Waals surface area (Å²) in [7, 11) is 0.